The van der Waals surface area contributed by atoms with E-state index in [2.05, 4.69) is 12.1 Å². The first-order valence-electron chi connectivity index (χ1n) is 5.31. The van der Waals surface area contributed by atoms with Gasteiger partial charge in [-0.3, -0.25) is 0 Å². The van der Waals surface area contributed by atoms with E-state index >= 15 is 0 Å². The predicted octanol–water partition coefficient (Wildman–Crippen LogP) is 4.02. The molecule has 1 aliphatic heterocycles. The molecule has 0 N–H and O–H groups in total. The lowest BCUT2D eigenvalue weighted by atomic mass is 10.0. The van der Waals surface area contributed by atoms with Crippen molar-refractivity contribution >= 4 is 11.8 Å². The maximum atomic E-state index is 13.7. The maximum Gasteiger partial charge on any atom is 0.127 e. The van der Waals surface area contributed by atoms with E-state index in [1.54, 1.807) is 23.9 Å². The Morgan fingerprint density at radius 2 is 1.75 bits per heavy atom. The molecular formula is C14H11FS. The normalized spacial score (nSPS) is 13.8. The number of hydrogen-bond donors (Lipinski definition) is 0. The lowest BCUT2D eigenvalue weighted by molar-refractivity contribution is 0.608. The monoisotopic (exact) mass is 230 g/mol. The third-order valence-electron chi connectivity index (χ3n) is 2.94. The largest absolute Gasteiger partial charge is 0.207 e. The van der Waals surface area contributed by atoms with Crippen molar-refractivity contribution in [3.8, 4) is 0 Å². The minimum Gasteiger partial charge on any atom is -0.207 e. The van der Waals surface area contributed by atoms with E-state index in [-0.39, 0.29) is 5.82 Å². The molecule has 0 saturated heterocycles. The number of benzene rings is 2. The molecule has 0 radical (unpaired) electrons. The highest BCUT2D eigenvalue weighted by molar-refractivity contribution is 7.98. The molecule has 0 spiro atoms. The Morgan fingerprint density at radius 1 is 0.938 bits per heavy atom. The average Bonchev–Trinajstić information content (AvgIpc) is 2.50. The van der Waals surface area contributed by atoms with Crippen LogP contribution in [0.15, 0.2) is 47.4 Å². The van der Waals surface area contributed by atoms with Crippen LogP contribution < -0.4 is 0 Å². The smallest absolute Gasteiger partial charge is 0.127 e. The van der Waals surface area contributed by atoms with E-state index in [0.717, 1.165) is 16.2 Å². The van der Waals surface area contributed by atoms with E-state index in [1.807, 2.05) is 18.2 Å². The van der Waals surface area contributed by atoms with Gasteiger partial charge in [0.1, 0.15) is 5.82 Å². The minimum absolute atomic E-state index is 0.0818. The highest BCUT2D eigenvalue weighted by Crippen LogP contribution is 2.34. The first-order valence-corrected chi connectivity index (χ1v) is 6.30. The van der Waals surface area contributed by atoms with Crippen molar-refractivity contribution in [3.05, 3.63) is 65.0 Å². The summed E-state index contributed by atoms with van der Waals surface area (Å²) in [6.07, 6.45) is 0.713. The molecule has 0 saturated carbocycles. The summed E-state index contributed by atoms with van der Waals surface area (Å²) in [6, 6.07) is 13.6. The molecule has 0 aromatic heterocycles. The Kier molecular flexibility index (Phi) is 2.44. The molecule has 0 unspecified atom stereocenters. The van der Waals surface area contributed by atoms with Gasteiger partial charge < -0.3 is 0 Å². The van der Waals surface area contributed by atoms with Gasteiger partial charge in [0.2, 0.25) is 0 Å². The highest BCUT2D eigenvalue weighted by Gasteiger charge is 2.15. The van der Waals surface area contributed by atoms with Crippen LogP contribution in [0.3, 0.4) is 0 Å². The Hall–Kier alpha value is -1.28. The van der Waals surface area contributed by atoms with Crippen LogP contribution in [0.2, 0.25) is 0 Å². The van der Waals surface area contributed by atoms with Crippen molar-refractivity contribution in [2.24, 2.45) is 0 Å². The van der Waals surface area contributed by atoms with Gasteiger partial charge in [0.15, 0.2) is 0 Å². The number of rotatable bonds is 0. The molecule has 2 aromatic carbocycles. The number of fused-ring (bicyclic) bond motifs is 2. The Morgan fingerprint density at radius 3 is 2.62 bits per heavy atom. The summed E-state index contributed by atoms with van der Waals surface area (Å²) in [4.78, 5) is 1.08. The summed E-state index contributed by atoms with van der Waals surface area (Å²) in [5.41, 5.74) is 3.42. The molecule has 1 aliphatic rings. The number of hydrogen-bond acceptors (Lipinski definition) is 1. The summed E-state index contributed by atoms with van der Waals surface area (Å²) >= 11 is 1.73. The lowest BCUT2D eigenvalue weighted by Gasteiger charge is -2.05. The summed E-state index contributed by atoms with van der Waals surface area (Å²) in [6.45, 7) is 0. The van der Waals surface area contributed by atoms with Crippen molar-refractivity contribution < 1.29 is 4.39 Å². The van der Waals surface area contributed by atoms with Crippen molar-refractivity contribution in [1.29, 1.82) is 0 Å². The van der Waals surface area contributed by atoms with Gasteiger partial charge in [-0.25, -0.2) is 4.39 Å². The van der Waals surface area contributed by atoms with Crippen LogP contribution in [-0.2, 0) is 12.2 Å². The second-order valence-corrected chi connectivity index (χ2v) is 4.97. The Bertz CT molecular complexity index is 534. The number of thioether (sulfide) groups is 1. The molecule has 0 amide bonds. The van der Waals surface area contributed by atoms with Crippen LogP contribution in [0.25, 0.3) is 0 Å². The van der Waals surface area contributed by atoms with Crippen molar-refractivity contribution in [1.82, 2.24) is 0 Å². The van der Waals surface area contributed by atoms with Crippen LogP contribution in [-0.4, -0.2) is 0 Å². The lowest BCUT2D eigenvalue weighted by Crippen LogP contribution is -1.94. The van der Waals surface area contributed by atoms with Gasteiger partial charge in [0.25, 0.3) is 0 Å². The van der Waals surface area contributed by atoms with E-state index in [0.29, 0.717) is 6.42 Å². The summed E-state index contributed by atoms with van der Waals surface area (Å²) in [5, 5.41) is 0. The molecule has 0 bridgehead atoms. The zero-order valence-electron chi connectivity index (χ0n) is 8.74. The van der Waals surface area contributed by atoms with Gasteiger partial charge in [-0.05, 0) is 23.3 Å². The van der Waals surface area contributed by atoms with Gasteiger partial charge >= 0.3 is 0 Å². The fraction of sp³-hybridized carbons (Fsp3) is 0.143. The van der Waals surface area contributed by atoms with Crippen LogP contribution in [0.1, 0.15) is 16.7 Å². The zero-order valence-corrected chi connectivity index (χ0v) is 9.56. The predicted molar refractivity (Wildman–Crippen MR) is 65.2 cm³/mol. The molecule has 80 valence electrons. The van der Waals surface area contributed by atoms with Crippen LogP contribution in [0, 0.1) is 5.82 Å². The summed E-state index contributed by atoms with van der Waals surface area (Å²) < 4.78 is 13.7. The van der Waals surface area contributed by atoms with Crippen molar-refractivity contribution in [2.45, 2.75) is 17.1 Å². The Labute approximate surface area is 98.5 Å². The van der Waals surface area contributed by atoms with E-state index in [9.17, 15) is 4.39 Å². The van der Waals surface area contributed by atoms with Crippen LogP contribution in [0.4, 0.5) is 4.39 Å². The second kappa shape index (κ2) is 3.95. The molecule has 2 heteroatoms. The summed E-state index contributed by atoms with van der Waals surface area (Å²) in [5.74, 6) is 0.855. The SMILES string of the molecule is Fc1cccc2c1Cc1ccccc1CS2. The topological polar surface area (TPSA) is 0 Å². The molecule has 0 aliphatic carbocycles. The molecule has 3 rings (SSSR count). The minimum atomic E-state index is -0.0818. The molecular weight excluding hydrogens is 219 g/mol. The first kappa shape index (κ1) is 9.91. The van der Waals surface area contributed by atoms with E-state index in [4.69, 9.17) is 0 Å². The molecule has 0 atom stereocenters. The number of halogens is 1. The quantitative estimate of drug-likeness (QED) is 0.658. The molecule has 16 heavy (non-hydrogen) atoms. The molecule has 1 heterocycles. The third-order valence-corrected chi connectivity index (χ3v) is 4.09. The third kappa shape index (κ3) is 1.63. The second-order valence-electron chi connectivity index (χ2n) is 3.95. The van der Waals surface area contributed by atoms with Crippen molar-refractivity contribution in [3.63, 3.8) is 0 Å². The van der Waals surface area contributed by atoms with Crippen LogP contribution >= 0.6 is 11.8 Å². The molecule has 0 nitrogen and oxygen atoms in total. The first-order chi connectivity index (χ1) is 7.84. The van der Waals surface area contributed by atoms with Crippen LogP contribution in [0.5, 0.6) is 0 Å². The van der Waals surface area contributed by atoms with Gasteiger partial charge in [-0.1, -0.05) is 30.3 Å². The molecule has 0 fully saturated rings. The summed E-state index contributed by atoms with van der Waals surface area (Å²) in [7, 11) is 0. The van der Waals surface area contributed by atoms with Gasteiger partial charge in [0, 0.05) is 22.6 Å². The van der Waals surface area contributed by atoms with Crippen molar-refractivity contribution in [2.75, 3.05) is 0 Å². The Balaban J connectivity index is 2.13. The van der Waals surface area contributed by atoms with Gasteiger partial charge in [-0.2, -0.15) is 0 Å². The fourth-order valence-corrected chi connectivity index (χ4v) is 3.17. The van der Waals surface area contributed by atoms with Gasteiger partial charge in [-0.15, -0.1) is 11.8 Å². The molecule has 2 aromatic rings. The van der Waals surface area contributed by atoms with Gasteiger partial charge in [0.05, 0.1) is 0 Å². The zero-order chi connectivity index (χ0) is 11.0. The standard InChI is InChI=1S/C14H11FS/c15-13-6-3-7-14-12(13)8-10-4-1-2-5-11(10)9-16-14/h1-7H,8-9H2. The van der Waals surface area contributed by atoms with E-state index in [1.165, 1.54) is 11.1 Å². The highest BCUT2D eigenvalue weighted by atomic mass is 32.2. The van der Waals surface area contributed by atoms with E-state index < -0.39 is 0 Å². The fourth-order valence-electron chi connectivity index (χ4n) is 2.06. The average molecular weight is 230 g/mol. The maximum absolute atomic E-state index is 13.7.